The molecule has 0 spiro atoms. The number of ether oxygens (including phenoxy) is 1. The molecule has 28 heavy (non-hydrogen) atoms. The SMILES string of the molecule is CCOc1cccc(CNC(=O)Cc2csc(NC(=O)c3ccoc3C)n2)c1. The van der Waals surface area contributed by atoms with Crippen molar-refractivity contribution < 1.29 is 18.7 Å². The van der Waals surface area contributed by atoms with Crippen LogP contribution in [-0.2, 0) is 17.8 Å². The zero-order valence-corrected chi connectivity index (χ0v) is 16.5. The van der Waals surface area contributed by atoms with Gasteiger partial charge in [-0.05, 0) is 37.6 Å². The molecule has 7 nitrogen and oxygen atoms in total. The Morgan fingerprint density at radius 2 is 2.14 bits per heavy atom. The van der Waals surface area contributed by atoms with Crippen LogP contribution in [0, 0.1) is 6.92 Å². The Hall–Kier alpha value is -3.13. The highest BCUT2D eigenvalue weighted by molar-refractivity contribution is 7.14. The quantitative estimate of drug-likeness (QED) is 0.604. The molecule has 3 rings (SSSR count). The van der Waals surface area contributed by atoms with Crippen molar-refractivity contribution in [1.29, 1.82) is 0 Å². The van der Waals surface area contributed by atoms with Crippen LogP contribution >= 0.6 is 11.3 Å². The molecule has 0 unspecified atom stereocenters. The summed E-state index contributed by atoms with van der Waals surface area (Å²) in [4.78, 5) is 28.6. The van der Waals surface area contributed by atoms with Crippen LogP contribution in [0.2, 0.25) is 0 Å². The van der Waals surface area contributed by atoms with Crippen LogP contribution in [0.15, 0.2) is 46.4 Å². The van der Waals surface area contributed by atoms with Gasteiger partial charge in [-0.2, -0.15) is 0 Å². The second-order valence-electron chi connectivity index (χ2n) is 6.02. The molecule has 146 valence electrons. The molecule has 2 N–H and O–H groups in total. The summed E-state index contributed by atoms with van der Waals surface area (Å²) in [5.41, 5.74) is 2.02. The van der Waals surface area contributed by atoms with Gasteiger partial charge in [0.2, 0.25) is 5.91 Å². The molecule has 0 bridgehead atoms. The molecular weight excluding hydrogens is 378 g/mol. The monoisotopic (exact) mass is 399 g/mol. The second kappa shape index (κ2) is 9.18. The van der Waals surface area contributed by atoms with E-state index < -0.39 is 0 Å². The molecule has 0 saturated heterocycles. The summed E-state index contributed by atoms with van der Waals surface area (Å²) in [6, 6.07) is 9.21. The van der Waals surface area contributed by atoms with Gasteiger partial charge in [0.05, 0.1) is 30.5 Å². The first-order valence-corrected chi connectivity index (χ1v) is 9.71. The molecule has 0 aliphatic heterocycles. The number of furan rings is 1. The molecule has 8 heteroatoms. The van der Waals surface area contributed by atoms with E-state index in [9.17, 15) is 9.59 Å². The zero-order valence-electron chi connectivity index (χ0n) is 15.7. The highest BCUT2D eigenvalue weighted by Gasteiger charge is 2.14. The third kappa shape index (κ3) is 5.20. The molecule has 1 aromatic carbocycles. The van der Waals surface area contributed by atoms with Crippen LogP contribution in [0.3, 0.4) is 0 Å². The van der Waals surface area contributed by atoms with Crippen LogP contribution in [0.1, 0.15) is 34.3 Å². The molecule has 0 aliphatic rings. The minimum atomic E-state index is -0.286. The summed E-state index contributed by atoms with van der Waals surface area (Å²) in [6.07, 6.45) is 1.61. The third-order valence-corrected chi connectivity index (χ3v) is 4.72. The number of carbonyl (C=O) groups excluding carboxylic acids is 2. The van der Waals surface area contributed by atoms with Gasteiger partial charge in [0, 0.05) is 11.9 Å². The van der Waals surface area contributed by atoms with Crippen molar-refractivity contribution in [3.8, 4) is 5.75 Å². The van der Waals surface area contributed by atoms with Gasteiger partial charge < -0.3 is 14.5 Å². The number of carbonyl (C=O) groups is 2. The Bertz CT molecular complexity index is 964. The van der Waals surface area contributed by atoms with Gasteiger partial charge in [0.25, 0.3) is 5.91 Å². The summed E-state index contributed by atoms with van der Waals surface area (Å²) in [6.45, 7) is 4.65. The molecule has 0 aliphatic carbocycles. The maximum absolute atomic E-state index is 12.2. The average Bonchev–Trinajstić information content (AvgIpc) is 3.29. The van der Waals surface area contributed by atoms with Gasteiger partial charge in [0.1, 0.15) is 11.5 Å². The number of anilines is 1. The lowest BCUT2D eigenvalue weighted by molar-refractivity contribution is -0.120. The first-order valence-electron chi connectivity index (χ1n) is 8.83. The van der Waals surface area contributed by atoms with Crippen LogP contribution in [0.4, 0.5) is 5.13 Å². The Morgan fingerprint density at radius 1 is 1.29 bits per heavy atom. The minimum absolute atomic E-state index is 0.141. The number of amides is 2. The fraction of sp³-hybridized carbons (Fsp3) is 0.250. The third-order valence-electron chi connectivity index (χ3n) is 3.92. The number of benzene rings is 1. The highest BCUT2D eigenvalue weighted by Crippen LogP contribution is 2.18. The Kier molecular flexibility index (Phi) is 6.44. The van der Waals surface area contributed by atoms with E-state index >= 15 is 0 Å². The van der Waals surface area contributed by atoms with Gasteiger partial charge in [0.15, 0.2) is 5.13 Å². The van der Waals surface area contributed by atoms with Crippen molar-refractivity contribution in [2.75, 3.05) is 11.9 Å². The Morgan fingerprint density at radius 3 is 2.89 bits per heavy atom. The van der Waals surface area contributed by atoms with Gasteiger partial charge in [-0.15, -0.1) is 11.3 Å². The number of hydrogen-bond acceptors (Lipinski definition) is 6. The molecule has 2 amide bonds. The zero-order chi connectivity index (χ0) is 19.9. The van der Waals surface area contributed by atoms with Crippen molar-refractivity contribution in [3.05, 3.63) is 64.6 Å². The van der Waals surface area contributed by atoms with E-state index in [2.05, 4.69) is 15.6 Å². The van der Waals surface area contributed by atoms with E-state index in [1.165, 1.54) is 17.6 Å². The molecule has 2 heterocycles. The van der Waals surface area contributed by atoms with E-state index in [1.54, 1.807) is 18.4 Å². The van der Waals surface area contributed by atoms with Crippen molar-refractivity contribution in [1.82, 2.24) is 10.3 Å². The first kappa shape index (κ1) is 19.6. The van der Waals surface area contributed by atoms with Crippen LogP contribution in [0.25, 0.3) is 0 Å². The molecule has 2 aromatic heterocycles. The van der Waals surface area contributed by atoms with E-state index in [0.29, 0.717) is 35.3 Å². The highest BCUT2D eigenvalue weighted by atomic mass is 32.1. The predicted octanol–water partition coefficient (Wildman–Crippen LogP) is 3.55. The van der Waals surface area contributed by atoms with E-state index in [-0.39, 0.29) is 18.2 Å². The maximum Gasteiger partial charge on any atom is 0.260 e. The number of nitrogens with zero attached hydrogens (tertiary/aromatic N) is 1. The van der Waals surface area contributed by atoms with Gasteiger partial charge in [-0.3, -0.25) is 14.9 Å². The number of aromatic nitrogens is 1. The molecule has 0 atom stereocenters. The van der Waals surface area contributed by atoms with Gasteiger partial charge in [-0.25, -0.2) is 4.98 Å². The van der Waals surface area contributed by atoms with E-state index in [0.717, 1.165) is 11.3 Å². The fourth-order valence-electron chi connectivity index (χ4n) is 2.57. The van der Waals surface area contributed by atoms with Crippen LogP contribution in [-0.4, -0.2) is 23.4 Å². The molecular formula is C20H21N3O4S. The van der Waals surface area contributed by atoms with Crippen LogP contribution in [0.5, 0.6) is 5.75 Å². The summed E-state index contributed by atoms with van der Waals surface area (Å²) >= 11 is 1.27. The average molecular weight is 399 g/mol. The molecule has 0 saturated carbocycles. The molecule has 0 fully saturated rings. The lowest BCUT2D eigenvalue weighted by Gasteiger charge is -2.07. The van der Waals surface area contributed by atoms with E-state index in [4.69, 9.17) is 9.15 Å². The number of thiazole rings is 1. The largest absolute Gasteiger partial charge is 0.494 e. The lowest BCUT2D eigenvalue weighted by atomic mass is 10.2. The fourth-order valence-corrected chi connectivity index (χ4v) is 3.28. The number of hydrogen-bond donors (Lipinski definition) is 2. The van der Waals surface area contributed by atoms with Crippen molar-refractivity contribution in [2.45, 2.75) is 26.8 Å². The topological polar surface area (TPSA) is 93.5 Å². The normalized spacial score (nSPS) is 10.5. The summed E-state index contributed by atoms with van der Waals surface area (Å²) in [5, 5.41) is 7.78. The lowest BCUT2D eigenvalue weighted by Crippen LogP contribution is -2.24. The Balaban J connectivity index is 1.50. The van der Waals surface area contributed by atoms with Crippen molar-refractivity contribution >= 4 is 28.3 Å². The number of nitrogens with one attached hydrogen (secondary N) is 2. The Labute approximate surface area is 166 Å². The molecule has 0 radical (unpaired) electrons. The smallest absolute Gasteiger partial charge is 0.260 e. The van der Waals surface area contributed by atoms with Crippen LogP contribution < -0.4 is 15.4 Å². The minimum Gasteiger partial charge on any atom is -0.494 e. The van der Waals surface area contributed by atoms with Gasteiger partial charge in [-0.1, -0.05) is 12.1 Å². The predicted molar refractivity (Wildman–Crippen MR) is 107 cm³/mol. The first-order chi connectivity index (χ1) is 13.5. The summed E-state index contributed by atoms with van der Waals surface area (Å²) in [7, 11) is 0. The van der Waals surface area contributed by atoms with Crippen molar-refractivity contribution in [2.24, 2.45) is 0 Å². The standard InChI is InChI=1S/C20H21N3O4S/c1-3-26-16-6-4-5-14(9-16)11-21-18(24)10-15-12-28-20(22-15)23-19(25)17-7-8-27-13(17)2/h4-9,12H,3,10-11H2,1-2H3,(H,21,24)(H,22,23,25). The summed E-state index contributed by atoms with van der Waals surface area (Å²) < 4.78 is 10.6. The maximum atomic E-state index is 12.2. The number of aryl methyl sites for hydroxylation is 1. The van der Waals surface area contributed by atoms with Gasteiger partial charge >= 0.3 is 0 Å². The second-order valence-corrected chi connectivity index (χ2v) is 6.88. The van der Waals surface area contributed by atoms with Crippen molar-refractivity contribution in [3.63, 3.8) is 0 Å². The summed E-state index contributed by atoms with van der Waals surface area (Å²) in [5.74, 6) is 0.894. The number of rotatable bonds is 8. The van der Waals surface area contributed by atoms with E-state index in [1.807, 2.05) is 31.2 Å². The molecule has 3 aromatic rings.